The molecule has 0 spiro atoms. The molecule has 3 nitrogen and oxygen atoms in total. The zero-order chi connectivity index (χ0) is 11.4. The summed E-state index contributed by atoms with van der Waals surface area (Å²) in [6, 6.07) is 4.95. The van der Waals surface area contributed by atoms with Crippen LogP contribution in [0.2, 0.25) is 5.02 Å². The summed E-state index contributed by atoms with van der Waals surface area (Å²) in [7, 11) is 1.36. The Hall–Kier alpha value is -0.740. The van der Waals surface area contributed by atoms with E-state index in [0.717, 1.165) is 10.2 Å². The average molecular weight is 293 g/mol. The molecule has 0 heterocycles. The molecule has 0 fully saturated rings. The molecule has 82 valence electrons. The predicted octanol–water partition coefficient (Wildman–Crippen LogP) is 3.08. The third-order valence-electron chi connectivity index (χ3n) is 1.80. The normalized spacial score (nSPS) is 12.0. The third kappa shape index (κ3) is 3.72. The summed E-state index contributed by atoms with van der Waals surface area (Å²) < 4.78 is 5.45. The van der Waals surface area contributed by atoms with Gasteiger partial charge in [0.15, 0.2) is 0 Å². The molecule has 1 unspecified atom stereocenters. The molecular formula is C10H11BrClNO2. The Kier molecular flexibility index (Phi) is 4.42. The van der Waals surface area contributed by atoms with Crippen LogP contribution in [0.5, 0.6) is 0 Å². The second-order valence-electron chi connectivity index (χ2n) is 3.05. The minimum Gasteiger partial charge on any atom is -0.467 e. The van der Waals surface area contributed by atoms with Crippen molar-refractivity contribution in [3.05, 3.63) is 27.7 Å². The van der Waals surface area contributed by atoms with Crippen molar-refractivity contribution in [3.8, 4) is 0 Å². The van der Waals surface area contributed by atoms with Crippen LogP contribution in [0.1, 0.15) is 6.92 Å². The zero-order valence-corrected chi connectivity index (χ0v) is 10.7. The van der Waals surface area contributed by atoms with Gasteiger partial charge in [0.25, 0.3) is 0 Å². The number of hydrogen-bond donors (Lipinski definition) is 1. The van der Waals surface area contributed by atoms with Crippen molar-refractivity contribution in [1.29, 1.82) is 0 Å². The monoisotopic (exact) mass is 291 g/mol. The fraction of sp³-hybridized carbons (Fsp3) is 0.300. The van der Waals surface area contributed by atoms with E-state index in [9.17, 15) is 4.79 Å². The van der Waals surface area contributed by atoms with Crippen molar-refractivity contribution in [1.82, 2.24) is 0 Å². The van der Waals surface area contributed by atoms with Crippen LogP contribution in [0.25, 0.3) is 0 Å². The SMILES string of the molecule is COC(=O)C(C)Nc1cc(Cl)cc(Br)c1. The number of carbonyl (C=O) groups is 1. The molecule has 0 aliphatic rings. The van der Waals surface area contributed by atoms with Crippen LogP contribution in [-0.4, -0.2) is 19.1 Å². The average Bonchev–Trinajstić information content (AvgIpc) is 2.14. The van der Waals surface area contributed by atoms with Crippen LogP contribution in [0.4, 0.5) is 5.69 Å². The lowest BCUT2D eigenvalue weighted by atomic mass is 10.2. The molecule has 1 rings (SSSR count). The van der Waals surface area contributed by atoms with Gasteiger partial charge in [-0.3, -0.25) is 0 Å². The molecule has 0 saturated heterocycles. The lowest BCUT2D eigenvalue weighted by molar-refractivity contribution is -0.141. The van der Waals surface area contributed by atoms with Gasteiger partial charge in [-0.15, -0.1) is 0 Å². The molecule has 0 aliphatic heterocycles. The zero-order valence-electron chi connectivity index (χ0n) is 8.38. The highest BCUT2D eigenvalue weighted by Crippen LogP contribution is 2.23. The number of nitrogens with one attached hydrogen (secondary N) is 1. The van der Waals surface area contributed by atoms with E-state index >= 15 is 0 Å². The van der Waals surface area contributed by atoms with E-state index in [4.69, 9.17) is 11.6 Å². The Labute approximate surface area is 102 Å². The van der Waals surface area contributed by atoms with Crippen LogP contribution < -0.4 is 5.32 Å². The van der Waals surface area contributed by atoms with E-state index < -0.39 is 6.04 Å². The molecule has 0 aromatic heterocycles. The fourth-order valence-electron chi connectivity index (χ4n) is 1.12. The molecule has 0 radical (unpaired) electrons. The van der Waals surface area contributed by atoms with E-state index in [1.807, 2.05) is 6.07 Å². The summed E-state index contributed by atoms with van der Waals surface area (Å²) in [6.45, 7) is 1.72. The second kappa shape index (κ2) is 5.37. The Morgan fingerprint density at radius 2 is 2.20 bits per heavy atom. The third-order valence-corrected chi connectivity index (χ3v) is 2.48. The van der Waals surface area contributed by atoms with Gasteiger partial charge < -0.3 is 10.1 Å². The number of carbonyl (C=O) groups excluding carboxylic acids is 1. The lowest BCUT2D eigenvalue weighted by Gasteiger charge is -2.13. The van der Waals surface area contributed by atoms with Crippen LogP contribution in [0, 0.1) is 0 Å². The summed E-state index contributed by atoms with van der Waals surface area (Å²) >= 11 is 9.18. The number of methoxy groups -OCH3 is 1. The number of esters is 1. The van der Waals surface area contributed by atoms with E-state index in [2.05, 4.69) is 26.0 Å². The topological polar surface area (TPSA) is 38.3 Å². The van der Waals surface area contributed by atoms with Crippen molar-refractivity contribution in [2.75, 3.05) is 12.4 Å². The molecule has 5 heteroatoms. The molecule has 0 saturated carbocycles. The maximum atomic E-state index is 11.2. The van der Waals surface area contributed by atoms with Gasteiger partial charge in [0.2, 0.25) is 0 Å². The highest BCUT2D eigenvalue weighted by molar-refractivity contribution is 9.10. The molecule has 1 N–H and O–H groups in total. The number of halogens is 2. The number of anilines is 1. The minimum atomic E-state index is -0.402. The van der Waals surface area contributed by atoms with Crippen molar-refractivity contribution in [2.24, 2.45) is 0 Å². The first-order valence-corrected chi connectivity index (χ1v) is 5.50. The Morgan fingerprint density at radius 3 is 2.73 bits per heavy atom. The van der Waals surface area contributed by atoms with Gasteiger partial charge >= 0.3 is 5.97 Å². The van der Waals surface area contributed by atoms with Crippen LogP contribution >= 0.6 is 27.5 Å². The van der Waals surface area contributed by atoms with E-state index in [1.54, 1.807) is 19.1 Å². The summed E-state index contributed by atoms with van der Waals surface area (Å²) in [5.74, 6) is -0.314. The highest BCUT2D eigenvalue weighted by atomic mass is 79.9. The van der Waals surface area contributed by atoms with Crippen LogP contribution in [0.3, 0.4) is 0 Å². The van der Waals surface area contributed by atoms with Gasteiger partial charge in [0, 0.05) is 15.2 Å². The molecule has 0 amide bonds. The molecule has 1 aromatic carbocycles. The molecule has 0 aliphatic carbocycles. The van der Waals surface area contributed by atoms with Gasteiger partial charge in [-0.05, 0) is 25.1 Å². The van der Waals surface area contributed by atoms with Crippen LogP contribution in [0.15, 0.2) is 22.7 Å². The van der Waals surface area contributed by atoms with E-state index in [-0.39, 0.29) is 5.97 Å². The van der Waals surface area contributed by atoms with Crippen molar-refractivity contribution in [3.63, 3.8) is 0 Å². The van der Waals surface area contributed by atoms with Gasteiger partial charge in [0.05, 0.1) is 7.11 Å². The van der Waals surface area contributed by atoms with Crippen molar-refractivity contribution < 1.29 is 9.53 Å². The van der Waals surface area contributed by atoms with E-state index in [1.165, 1.54) is 7.11 Å². The first-order chi connectivity index (χ1) is 7.02. The van der Waals surface area contributed by atoms with E-state index in [0.29, 0.717) is 5.02 Å². The minimum absolute atomic E-state index is 0.314. The Bertz CT molecular complexity index is 350. The number of rotatable bonds is 3. The van der Waals surface area contributed by atoms with Crippen molar-refractivity contribution >= 4 is 39.2 Å². The standard InChI is InChI=1S/C10H11BrClNO2/c1-6(10(14)15-2)13-9-4-7(11)3-8(12)5-9/h3-6,13H,1-2H3. The Morgan fingerprint density at radius 1 is 1.53 bits per heavy atom. The Balaban J connectivity index is 2.76. The first-order valence-electron chi connectivity index (χ1n) is 4.33. The lowest BCUT2D eigenvalue weighted by Crippen LogP contribution is -2.27. The van der Waals surface area contributed by atoms with Gasteiger partial charge in [-0.1, -0.05) is 27.5 Å². The predicted molar refractivity (Wildman–Crippen MR) is 64.3 cm³/mol. The number of hydrogen-bond acceptors (Lipinski definition) is 3. The number of benzene rings is 1. The smallest absolute Gasteiger partial charge is 0.327 e. The molecule has 1 atom stereocenters. The van der Waals surface area contributed by atoms with Gasteiger partial charge in [-0.2, -0.15) is 0 Å². The molecule has 15 heavy (non-hydrogen) atoms. The summed E-state index contributed by atoms with van der Waals surface area (Å²) in [6.07, 6.45) is 0. The molecule has 0 bridgehead atoms. The first kappa shape index (κ1) is 12.3. The summed E-state index contributed by atoms with van der Waals surface area (Å²) in [5, 5.41) is 3.59. The maximum absolute atomic E-state index is 11.2. The quantitative estimate of drug-likeness (QED) is 0.870. The molecular weight excluding hydrogens is 281 g/mol. The largest absolute Gasteiger partial charge is 0.467 e. The maximum Gasteiger partial charge on any atom is 0.327 e. The summed E-state index contributed by atoms with van der Waals surface area (Å²) in [4.78, 5) is 11.2. The summed E-state index contributed by atoms with van der Waals surface area (Å²) in [5.41, 5.74) is 0.771. The van der Waals surface area contributed by atoms with Gasteiger partial charge in [0.1, 0.15) is 6.04 Å². The fourth-order valence-corrected chi connectivity index (χ4v) is 1.98. The number of ether oxygens (including phenoxy) is 1. The van der Waals surface area contributed by atoms with Crippen molar-refractivity contribution in [2.45, 2.75) is 13.0 Å². The second-order valence-corrected chi connectivity index (χ2v) is 4.40. The van der Waals surface area contributed by atoms with Gasteiger partial charge in [-0.25, -0.2) is 4.79 Å². The van der Waals surface area contributed by atoms with Crippen LogP contribution in [-0.2, 0) is 9.53 Å². The highest BCUT2D eigenvalue weighted by Gasteiger charge is 2.12. The molecule has 1 aromatic rings.